The summed E-state index contributed by atoms with van der Waals surface area (Å²) in [4.78, 5) is 27.5. The van der Waals surface area contributed by atoms with Crippen molar-refractivity contribution in [2.45, 2.75) is 6.92 Å². The summed E-state index contributed by atoms with van der Waals surface area (Å²) < 4.78 is 5.44. The third-order valence-electron chi connectivity index (χ3n) is 4.35. The third-order valence-corrected chi connectivity index (χ3v) is 4.67. The first-order valence-electron chi connectivity index (χ1n) is 9.56. The van der Waals surface area contributed by atoms with Crippen LogP contribution in [0.25, 0.3) is 11.4 Å². The van der Waals surface area contributed by atoms with E-state index in [9.17, 15) is 4.79 Å². The van der Waals surface area contributed by atoms with Gasteiger partial charge in [-0.2, -0.15) is 15.0 Å². The second-order valence-electron chi connectivity index (χ2n) is 6.97. The van der Waals surface area contributed by atoms with Gasteiger partial charge < -0.3 is 14.6 Å². The van der Waals surface area contributed by atoms with E-state index < -0.39 is 5.91 Å². The van der Waals surface area contributed by atoms with Crippen molar-refractivity contribution in [2.75, 3.05) is 29.6 Å². The van der Waals surface area contributed by atoms with E-state index >= 15 is 0 Å². The highest BCUT2D eigenvalue weighted by Crippen LogP contribution is 2.26. The average Bonchev–Trinajstić information content (AvgIpc) is 3.25. The molecule has 4 aromatic rings. The molecule has 0 spiro atoms. The Bertz CT molecular complexity index is 1240. The molecule has 0 bridgehead atoms. The molecular formula is C21H19ClN8O2. The zero-order valence-electron chi connectivity index (χ0n) is 17.5. The van der Waals surface area contributed by atoms with Gasteiger partial charge in [-0.1, -0.05) is 59.2 Å². The molecule has 0 saturated carbocycles. The lowest BCUT2D eigenvalue weighted by molar-refractivity contribution is 0.0991. The van der Waals surface area contributed by atoms with Gasteiger partial charge >= 0.3 is 17.8 Å². The molecular weight excluding hydrogens is 432 g/mol. The van der Waals surface area contributed by atoms with Crippen molar-refractivity contribution in [1.29, 1.82) is 0 Å². The fraction of sp³-hybridized carbons (Fsp3) is 0.143. The molecule has 0 radical (unpaired) electrons. The van der Waals surface area contributed by atoms with Crippen molar-refractivity contribution in [3.63, 3.8) is 0 Å². The lowest BCUT2D eigenvalue weighted by Crippen LogP contribution is -2.15. The number of carbonyl (C=O) groups excluding carboxylic acids is 1. The van der Waals surface area contributed by atoms with Gasteiger partial charge in [-0.15, -0.1) is 5.10 Å². The Hall–Kier alpha value is -4.05. The van der Waals surface area contributed by atoms with Gasteiger partial charge in [0.1, 0.15) is 0 Å². The Labute approximate surface area is 188 Å². The van der Waals surface area contributed by atoms with E-state index in [2.05, 4.69) is 35.8 Å². The quantitative estimate of drug-likeness (QED) is 0.449. The molecule has 1 amide bonds. The third kappa shape index (κ3) is 4.65. The molecule has 4 rings (SSSR count). The van der Waals surface area contributed by atoms with Crippen LogP contribution in [-0.2, 0) is 0 Å². The lowest BCUT2D eigenvalue weighted by Gasteiger charge is -2.12. The second kappa shape index (κ2) is 8.98. The van der Waals surface area contributed by atoms with E-state index in [1.807, 2.05) is 57.4 Å². The van der Waals surface area contributed by atoms with Crippen molar-refractivity contribution in [3.8, 4) is 11.4 Å². The summed E-state index contributed by atoms with van der Waals surface area (Å²) in [5, 5.41) is 13.6. The predicted molar refractivity (Wildman–Crippen MR) is 121 cm³/mol. The van der Waals surface area contributed by atoms with E-state index in [1.54, 1.807) is 17.0 Å². The maximum atomic E-state index is 12.5. The van der Waals surface area contributed by atoms with Gasteiger partial charge in [0.2, 0.25) is 11.9 Å². The van der Waals surface area contributed by atoms with Crippen LogP contribution in [0, 0.1) is 6.92 Å². The summed E-state index contributed by atoms with van der Waals surface area (Å²) in [7, 11) is 3.64. The Morgan fingerprint density at radius 3 is 2.50 bits per heavy atom. The Kier molecular flexibility index (Phi) is 5.95. The molecule has 10 nitrogen and oxygen atoms in total. The first-order valence-corrected chi connectivity index (χ1v) is 9.94. The Morgan fingerprint density at radius 2 is 1.78 bits per heavy atom. The van der Waals surface area contributed by atoms with E-state index in [0.29, 0.717) is 22.5 Å². The van der Waals surface area contributed by atoms with Gasteiger partial charge in [0, 0.05) is 19.7 Å². The number of aryl methyl sites for hydroxylation is 1. The summed E-state index contributed by atoms with van der Waals surface area (Å²) in [6.07, 6.45) is 0. The van der Waals surface area contributed by atoms with Crippen LogP contribution < -0.4 is 15.5 Å². The Morgan fingerprint density at radius 1 is 1.00 bits per heavy atom. The fourth-order valence-corrected chi connectivity index (χ4v) is 3.02. The average molecular weight is 451 g/mol. The standard InChI is InChI=1S/C21H19ClN8O2/c1-12-8-7-11-14(22)15(12)23-17(31)18-28-29-21(32-18)27-19-24-16(13-9-5-4-6-10-13)25-20(26-19)30(2)3/h4-11H,1-3H3,(H,23,31)(H,24,25,26,27,29). The smallest absolute Gasteiger partial charge is 0.322 e. The molecule has 2 aromatic carbocycles. The molecule has 0 unspecified atom stereocenters. The van der Waals surface area contributed by atoms with Crippen LogP contribution in [0.15, 0.2) is 52.9 Å². The van der Waals surface area contributed by atoms with Crippen molar-refractivity contribution in [2.24, 2.45) is 0 Å². The Balaban J connectivity index is 1.57. The maximum absolute atomic E-state index is 12.5. The number of benzene rings is 2. The molecule has 2 heterocycles. The molecule has 0 aliphatic carbocycles. The van der Waals surface area contributed by atoms with Crippen LogP contribution >= 0.6 is 11.6 Å². The van der Waals surface area contributed by atoms with Crippen molar-refractivity contribution in [1.82, 2.24) is 25.1 Å². The summed E-state index contributed by atoms with van der Waals surface area (Å²) in [5.41, 5.74) is 2.10. The van der Waals surface area contributed by atoms with Crippen LogP contribution in [0.4, 0.5) is 23.6 Å². The monoisotopic (exact) mass is 450 g/mol. The minimum absolute atomic E-state index is 0.0408. The summed E-state index contributed by atoms with van der Waals surface area (Å²) in [6.45, 7) is 1.83. The van der Waals surface area contributed by atoms with E-state index in [0.717, 1.165) is 11.1 Å². The van der Waals surface area contributed by atoms with Gasteiger partial charge in [-0.3, -0.25) is 10.1 Å². The summed E-state index contributed by atoms with van der Waals surface area (Å²) >= 11 is 6.16. The van der Waals surface area contributed by atoms with Gasteiger partial charge in [-0.05, 0) is 18.6 Å². The molecule has 2 N–H and O–H groups in total. The van der Waals surface area contributed by atoms with Crippen LogP contribution in [0.3, 0.4) is 0 Å². The van der Waals surface area contributed by atoms with Crippen LogP contribution in [-0.4, -0.2) is 45.2 Å². The minimum atomic E-state index is -0.587. The van der Waals surface area contributed by atoms with E-state index in [1.165, 1.54) is 0 Å². The maximum Gasteiger partial charge on any atom is 0.322 e. The van der Waals surface area contributed by atoms with Crippen molar-refractivity contribution < 1.29 is 9.21 Å². The van der Waals surface area contributed by atoms with Gasteiger partial charge in [0.25, 0.3) is 0 Å². The van der Waals surface area contributed by atoms with Gasteiger partial charge in [0.15, 0.2) is 5.82 Å². The molecule has 11 heteroatoms. The molecule has 0 aliphatic rings. The molecule has 162 valence electrons. The topological polar surface area (TPSA) is 122 Å². The van der Waals surface area contributed by atoms with E-state index in [4.69, 9.17) is 16.0 Å². The first kappa shape index (κ1) is 21.2. The highest BCUT2D eigenvalue weighted by Gasteiger charge is 2.18. The first-order chi connectivity index (χ1) is 15.4. The zero-order chi connectivity index (χ0) is 22.7. The van der Waals surface area contributed by atoms with Gasteiger partial charge in [-0.25, -0.2) is 0 Å². The number of nitrogens with zero attached hydrogens (tertiary/aromatic N) is 6. The number of hydrogen-bond acceptors (Lipinski definition) is 9. The lowest BCUT2D eigenvalue weighted by atomic mass is 10.2. The number of aromatic nitrogens is 5. The molecule has 32 heavy (non-hydrogen) atoms. The largest absolute Gasteiger partial charge is 0.399 e. The number of nitrogens with one attached hydrogen (secondary N) is 2. The van der Waals surface area contributed by atoms with Crippen molar-refractivity contribution in [3.05, 3.63) is 65.0 Å². The number of hydrogen-bond donors (Lipinski definition) is 2. The second-order valence-corrected chi connectivity index (χ2v) is 7.37. The number of anilines is 4. The SMILES string of the molecule is Cc1cccc(Cl)c1NC(=O)c1nnc(Nc2nc(-c3ccccc3)nc(N(C)C)n2)o1. The molecule has 0 saturated heterocycles. The normalized spacial score (nSPS) is 10.6. The number of halogens is 1. The molecule has 0 atom stereocenters. The summed E-state index contributed by atoms with van der Waals surface area (Å²) in [6, 6.07) is 14.7. The molecule has 2 aromatic heterocycles. The predicted octanol–water partition coefficient (Wildman–Crippen LogP) is 3.95. The highest BCUT2D eigenvalue weighted by atomic mass is 35.5. The van der Waals surface area contributed by atoms with E-state index in [-0.39, 0.29) is 17.9 Å². The fourth-order valence-electron chi connectivity index (χ4n) is 2.76. The van der Waals surface area contributed by atoms with Crippen molar-refractivity contribution >= 4 is 41.1 Å². The number of amides is 1. The molecule has 0 fully saturated rings. The number of rotatable bonds is 6. The number of para-hydroxylation sites is 1. The van der Waals surface area contributed by atoms with Crippen LogP contribution in [0.2, 0.25) is 5.02 Å². The highest BCUT2D eigenvalue weighted by molar-refractivity contribution is 6.34. The minimum Gasteiger partial charge on any atom is -0.399 e. The van der Waals surface area contributed by atoms with Crippen LogP contribution in [0.1, 0.15) is 16.2 Å². The molecule has 0 aliphatic heterocycles. The number of carbonyl (C=O) groups is 1. The zero-order valence-corrected chi connectivity index (χ0v) is 18.3. The van der Waals surface area contributed by atoms with Gasteiger partial charge in [0.05, 0.1) is 10.7 Å². The summed E-state index contributed by atoms with van der Waals surface area (Å²) in [5.74, 6) is 0.278. The van der Waals surface area contributed by atoms with Crippen LogP contribution in [0.5, 0.6) is 0 Å².